The van der Waals surface area contributed by atoms with Crippen LogP contribution in [0.2, 0.25) is 5.02 Å². The number of rotatable bonds is 6. The van der Waals surface area contributed by atoms with E-state index in [1.807, 2.05) is 4.90 Å². The molecule has 1 aliphatic carbocycles. The van der Waals surface area contributed by atoms with Gasteiger partial charge in [-0.25, -0.2) is 4.79 Å². The van der Waals surface area contributed by atoms with Crippen molar-refractivity contribution in [3.63, 3.8) is 0 Å². The van der Waals surface area contributed by atoms with Gasteiger partial charge in [0.2, 0.25) is 5.75 Å². The van der Waals surface area contributed by atoms with E-state index in [1.165, 1.54) is 42.5 Å². The molecule has 1 unspecified atom stereocenters. The molecule has 2 aromatic carbocycles. The van der Waals surface area contributed by atoms with Gasteiger partial charge in [0.1, 0.15) is 5.75 Å². The molecule has 180 valence electrons. The SMILES string of the molecule is CC1(C)CC2C[C@@](C)(CN2C(=O)COC(=O)c2ccc(Oc3ccc(Cl)cc3[N+](=O)[O-])cc2)C1. The number of likely N-dealkylation sites (tertiary alicyclic amines) is 1. The third kappa shape index (κ3) is 5.17. The monoisotopic (exact) mass is 486 g/mol. The standard InChI is InChI=1S/C25H27ClN2O6/c1-24(2)11-18-12-25(3,14-24)15-27(18)22(29)13-33-23(30)16-4-7-19(8-5-16)34-21-9-6-17(26)10-20(21)28(31)32/h4-10,18H,11-15H2,1-3H3/t18?,25-/m1/s1. The van der Waals surface area contributed by atoms with E-state index in [0.717, 1.165) is 19.3 Å². The Labute approximate surface area is 202 Å². The Kier molecular flexibility index (Phi) is 6.29. The van der Waals surface area contributed by atoms with E-state index < -0.39 is 10.9 Å². The number of amides is 1. The molecular weight excluding hydrogens is 460 g/mol. The average Bonchev–Trinajstić information content (AvgIpc) is 3.02. The van der Waals surface area contributed by atoms with Gasteiger partial charge in [-0.2, -0.15) is 0 Å². The largest absolute Gasteiger partial charge is 0.452 e. The molecule has 9 heteroatoms. The minimum atomic E-state index is -0.619. The van der Waals surface area contributed by atoms with Crippen molar-refractivity contribution in [1.29, 1.82) is 0 Å². The molecule has 2 aromatic rings. The maximum atomic E-state index is 12.8. The number of hydrogen-bond donors (Lipinski definition) is 0. The fourth-order valence-corrected chi connectivity index (χ4v) is 5.72. The summed E-state index contributed by atoms with van der Waals surface area (Å²) in [6.07, 6.45) is 3.02. The van der Waals surface area contributed by atoms with Crippen LogP contribution in [0.5, 0.6) is 11.5 Å². The van der Waals surface area contributed by atoms with Crippen molar-refractivity contribution >= 4 is 29.2 Å². The first-order valence-electron chi connectivity index (χ1n) is 11.1. The number of nitro benzene ring substituents is 1. The maximum Gasteiger partial charge on any atom is 0.338 e. The van der Waals surface area contributed by atoms with Crippen LogP contribution in [0.25, 0.3) is 0 Å². The number of nitrogens with zero attached hydrogens (tertiary/aromatic N) is 2. The van der Waals surface area contributed by atoms with Crippen LogP contribution in [-0.4, -0.2) is 40.9 Å². The van der Waals surface area contributed by atoms with Crippen molar-refractivity contribution in [2.45, 2.75) is 46.1 Å². The fourth-order valence-electron chi connectivity index (χ4n) is 5.55. The summed E-state index contributed by atoms with van der Waals surface area (Å²) < 4.78 is 10.9. The van der Waals surface area contributed by atoms with Crippen LogP contribution in [0.3, 0.4) is 0 Å². The highest BCUT2D eigenvalue weighted by Gasteiger charge is 2.50. The van der Waals surface area contributed by atoms with Gasteiger partial charge >= 0.3 is 11.7 Å². The van der Waals surface area contributed by atoms with E-state index >= 15 is 0 Å². The molecule has 8 nitrogen and oxygen atoms in total. The molecular formula is C25H27ClN2O6. The molecule has 2 atom stereocenters. The van der Waals surface area contributed by atoms with Crippen molar-refractivity contribution < 1.29 is 24.0 Å². The second kappa shape index (κ2) is 8.91. The highest BCUT2D eigenvalue weighted by atomic mass is 35.5. The number of carbonyl (C=O) groups excluding carboxylic acids is 2. The van der Waals surface area contributed by atoms with Crippen LogP contribution in [0, 0.1) is 20.9 Å². The van der Waals surface area contributed by atoms with Crippen LogP contribution in [-0.2, 0) is 9.53 Å². The molecule has 0 spiro atoms. The van der Waals surface area contributed by atoms with Crippen molar-refractivity contribution in [1.82, 2.24) is 4.90 Å². The normalized spacial score (nSPS) is 22.8. The lowest BCUT2D eigenvalue weighted by molar-refractivity contribution is -0.385. The summed E-state index contributed by atoms with van der Waals surface area (Å²) >= 11 is 5.82. The lowest BCUT2D eigenvalue weighted by Gasteiger charge is -2.39. The van der Waals surface area contributed by atoms with Crippen LogP contribution in [0.15, 0.2) is 42.5 Å². The summed E-state index contributed by atoms with van der Waals surface area (Å²) in [6.45, 7) is 7.09. The second-order valence-electron chi connectivity index (χ2n) is 10.3. The summed E-state index contributed by atoms with van der Waals surface area (Å²) in [6, 6.07) is 10.3. The van der Waals surface area contributed by atoms with Gasteiger partial charge in [-0.05, 0) is 66.5 Å². The number of ether oxygens (including phenoxy) is 2. The number of carbonyl (C=O) groups is 2. The number of esters is 1. The van der Waals surface area contributed by atoms with E-state index in [1.54, 1.807) is 0 Å². The topological polar surface area (TPSA) is 99.0 Å². The van der Waals surface area contributed by atoms with E-state index in [2.05, 4.69) is 20.8 Å². The molecule has 1 amide bonds. The summed E-state index contributed by atoms with van der Waals surface area (Å²) in [5, 5.41) is 11.4. The molecule has 1 aliphatic heterocycles. The molecule has 34 heavy (non-hydrogen) atoms. The zero-order chi connectivity index (χ0) is 24.7. The molecule has 1 saturated carbocycles. The molecule has 1 heterocycles. The van der Waals surface area contributed by atoms with Crippen LogP contribution >= 0.6 is 11.6 Å². The van der Waals surface area contributed by atoms with Gasteiger partial charge < -0.3 is 14.4 Å². The first-order valence-corrected chi connectivity index (χ1v) is 11.5. The van der Waals surface area contributed by atoms with E-state index in [4.69, 9.17) is 21.1 Å². The summed E-state index contributed by atoms with van der Waals surface area (Å²) in [5.41, 5.74) is 0.290. The fraction of sp³-hybridized carbons (Fsp3) is 0.440. The molecule has 2 aliphatic rings. The number of nitro groups is 1. The third-order valence-electron chi connectivity index (χ3n) is 6.50. The predicted octanol–water partition coefficient (Wildman–Crippen LogP) is 5.62. The maximum absolute atomic E-state index is 12.8. The molecule has 2 fully saturated rings. The average molecular weight is 487 g/mol. The zero-order valence-electron chi connectivity index (χ0n) is 19.4. The number of hydrogen-bond acceptors (Lipinski definition) is 6. The van der Waals surface area contributed by atoms with Crippen molar-refractivity contribution in [2.75, 3.05) is 13.2 Å². The van der Waals surface area contributed by atoms with Gasteiger partial charge in [-0.1, -0.05) is 32.4 Å². The van der Waals surface area contributed by atoms with E-state index in [9.17, 15) is 19.7 Å². The lowest BCUT2D eigenvalue weighted by Crippen LogP contribution is -2.39. The predicted molar refractivity (Wildman–Crippen MR) is 126 cm³/mol. The molecule has 0 N–H and O–H groups in total. The lowest BCUT2D eigenvalue weighted by atomic mass is 9.65. The van der Waals surface area contributed by atoms with E-state index in [-0.39, 0.29) is 51.4 Å². The Morgan fingerprint density at radius 3 is 2.53 bits per heavy atom. The first kappa shape index (κ1) is 24.0. The molecule has 2 bridgehead atoms. The number of benzene rings is 2. The van der Waals surface area contributed by atoms with Crippen molar-refractivity contribution in [2.24, 2.45) is 10.8 Å². The van der Waals surface area contributed by atoms with Gasteiger partial charge in [-0.15, -0.1) is 0 Å². The molecule has 0 aromatic heterocycles. The smallest absolute Gasteiger partial charge is 0.338 e. The Bertz CT molecular complexity index is 1130. The number of halogens is 1. The Hall–Kier alpha value is -3.13. The Morgan fingerprint density at radius 1 is 1.15 bits per heavy atom. The highest BCUT2D eigenvalue weighted by molar-refractivity contribution is 6.30. The van der Waals surface area contributed by atoms with Gasteiger partial charge in [0.25, 0.3) is 5.91 Å². The quantitative estimate of drug-likeness (QED) is 0.298. The minimum absolute atomic E-state index is 0.0306. The number of fused-ring (bicyclic) bond motifs is 2. The molecule has 0 radical (unpaired) electrons. The van der Waals surface area contributed by atoms with Crippen LogP contribution < -0.4 is 4.74 Å². The van der Waals surface area contributed by atoms with Crippen molar-refractivity contribution in [3.8, 4) is 11.5 Å². The first-order chi connectivity index (χ1) is 15.9. The van der Waals surface area contributed by atoms with E-state index in [0.29, 0.717) is 12.3 Å². The van der Waals surface area contributed by atoms with Crippen LogP contribution in [0.1, 0.15) is 50.4 Å². The van der Waals surface area contributed by atoms with Gasteiger partial charge in [0, 0.05) is 23.7 Å². The Morgan fingerprint density at radius 2 is 1.85 bits per heavy atom. The molecule has 1 saturated heterocycles. The third-order valence-corrected chi connectivity index (χ3v) is 6.73. The zero-order valence-corrected chi connectivity index (χ0v) is 20.1. The summed E-state index contributed by atoms with van der Waals surface area (Å²) in [5.74, 6) is -0.456. The van der Waals surface area contributed by atoms with Crippen molar-refractivity contribution in [3.05, 3.63) is 63.2 Å². The van der Waals surface area contributed by atoms with Gasteiger partial charge in [0.15, 0.2) is 6.61 Å². The minimum Gasteiger partial charge on any atom is -0.452 e. The summed E-state index contributed by atoms with van der Waals surface area (Å²) in [4.78, 5) is 37.8. The summed E-state index contributed by atoms with van der Waals surface area (Å²) in [7, 11) is 0. The van der Waals surface area contributed by atoms with Crippen LogP contribution in [0.4, 0.5) is 5.69 Å². The van der Waals surface area contributed by atoms with Gasteiger partial charge in [-0.3, -0.25) is 14.9 Å². The van der Waals surface area contributed by atoms with Gasteiger partial charge in [0.05, 0.1) is 10.5 Å². The second-order valence-corrected chi connectivity index (χ2v) is 10.7. The highest BCUT2D eigenvalue weighted by Crippen LogP contribution is 2.52. The Balaban J connectivity index is 1.35. The molecule has 4 rings (SSSR count).